The average Bonchev–Trinajstić information content (AvgIpc) is 3.13. The molecule has 0 unspecified atom stereocenters. The van der Waals surface area contributed by atoms with E-state index in [9.17, 15) is 14.4 Å². The summed E-state index contributed by atoms with van der Waals surface area (Å²) in [5.41, 5.74) is 1.66. The number of rotatable bonds is 4. The Morgan fingerprint density at radius 3 is 2.61 bits per heavy atom. The van der Waals surface area contributed by atoms with Crippen molar-refractivity contribution in [1.29, 1.82) is 0 Å². The second kappa shape index (κ2) is 8.15. The number of nitrogens with zero attached hydrogens (tertiary/aromatic N) is 1. The maximum Gasteiger partial charge on any atom is 0.256 e. The van der Waals surface area contributed by atoms with Gasteiger partial charge in [0.05, 0.1) is 0 Å². The summed E-state index contributed by atoms with van der Waals surface area (Å²) in [6, 6.07) is 6.59. The summed E-state index contributed by atoms with van der Waals surface area (Å²) in [6.07, 6.45) is 6.76. The molecular weight excluding hydrogens is 374 g/mol. The van der Waals surface area contributed by atoms with Crippen molar-refractivity contribution in [3.8, 4) is 0 Å². The molecule has 1 aromatic carbocycles. The third kappa shape index (κ3) is 3.64. The van der Waals surface area contributed by atoms with E-state index in [1.165, 1.54) is 12.8 Å². The van der Waals surface area contributed by atoms with E-state index < -0.39 is 12.1 Å². The maximum absolute atomic E-state index is 12.8. The van der Waals surface area contributed by atoms with Crippen LogP contribution in [0.3, 0.4) is 0 Å². The zero-order chi connectivity index (χ0) is 19.7. The lowest BCUT2D eigenvalue weighted by atomic mass is 10.1. The number of nitrogens with one attached hydrogen (secondary N) is 2. The normalized spacial score (nSPS) is 25.6. The Hall–Kier alpha value is -2.02. The van der Waals surface area contributed by atoms with Crippen LogP contribution in [0.15, 0.2) is 24.3 Å². The van der Waals surface area contributed by atoms with Gasteiger partial charge in [-0.2, -0.15) is 0 Å². The van der Waals surface area contributed by atoms with Gasteiger partial charge in [-0.1, -0.05) is 43.9 Å². The van der Waals surface area contributed by atoms with Crippen LogP contribution >= 0.6 is 11.8 Å². The van der Waals surface area contributed by atoms with Crippen LogP contribution in [0.1, 0.15) is 66.7 Å². The van der Waals surface area contributed by atoms with Crippen LogP contribution in [0.2, 0.25) is 0 Å². The molecule has 3 atom stereocenters. The van der Waals surface area contributed by atoms with E-state index in [2.05, 4.69) is 10.6 Å². The lowest BCUT2D eigenvalue weighted by Gasteiger charge is -2.25. The van der Waals surface area contributed by atoms with Crippen molar-refractivity contribution >= 4 is 29.5 Å². The van der Waals surface area contributed by atoms with Crippen molar-refractivity contribution in [2.75, 3.05) is 5.75 Å². The van der Waals surface area contributed by atoms with Crippen LogP contribution < -0.4 is 10.6 Å². The second-order valence-corrected chi connectivity index (χ2v) is 9.04. The topological polar surface area (TPSA) is 78.5 Å². The van der Waals surface area contributed by atoms with Gasteiger partial charge in [0.1, 0.15) is 17.5 Å². The molecule has 0 radical (unpaired) electrons. The Kier molecular flexibility index (Phi) is 5.62. The van der Waals surface area contributed by atoms with Crippen molar-refractivity contribution in [2.45, 2.75) is 68.9 Å². The number of hydrogen-bond acceptors (Lipinski definition) is 4. The molecule has 0 spiro atoms. The van der Waals surface area contributed by atoms with Gasteiger partial charge < -0.3 is 15.5 Å². The third-order valence-electron chi connectivity index (χ3n) is 5.95. The predicted molar refractivity (Wildman–Crippen MR) is 109 cm³/mol. The minimum Gasteiger partial charge on any atom is -0.352 e. The van der Waals surface area contributed by atoms with Gasteiger partial charge in [0, 0.05) is 17.4 Å². The first-order valence-electron chi connectivity index (χ1n) is 10.2. The van der Waals surface area contributed by atoms with Gasteiger partial charge in [-0.15, -0.1) is 11.8 Å². The van der Waals surface area contributed by atoms with Gasteiger partial charge in [0.2, 0.25) is 11.8 Å². The number of benzene rings is 1. The average molecular weight is 402 g/mol. The Labute approximate surface area is 169 Å². The molecule has 1 aliphatic carbocycles. The molecule has 6 nitrogen and oxygen atoms in total. The fourth-order valence-electron chi connectivity index (χ4n) is 4.37. The van der Waals surface area contributed by atoms with Crippen LogP contribution in [-0.2, 0) is 9.59 Å². The summed E-state index contributed by atoms with van der Waals surface area (Å²) < 4.78 is 0. The van der Waals surface area contributed by atoms with Gasteiger partial charge in [-0.3, -0.25) is 14.4 Å². The number of carbonyl (C=O) groups is 3. The summed E-state index contributed by atoms with van der Waals surface area (Å²) in [4.78, 5) is 39.8. The molecule has 0 aromatic heterocycles. The van der Waals surface area contributed by atoms with Crippen LogP contribution in [0.4, 0.5) is 0 Å². The van der Waals surface area contributed by atoms with E-state index in [0.717, 1.165) is 31.2 Å². The Bertz CT molecular complexity index is 776. The molecule has 150 valence electrons. The van der Waals surface area contributed by atoms with Gasteiger partial charge in [-0.05, 0) is 31.4 Å². The number of fused-ring (bicyclic) bond motifs is 3. The van der Waals surface area contributed by atoms with Crippen LogP contribution in [0, 0.1) is 0 Å². The number of hydrogen-bond donors (Lipinski definition) is 2. The van der Waals surface area contributed by atoms with Crippen LogP contribution in [0.25, 0.3) is 0 Å². The zero-order valence-electron chi connectivity index (χ0n) is 16.1. The quantitative estimate of drug-likeness (QED) is 0.760. The van der Waals surface area contributed by atoms with E-state index >= 15 is 0 Å². The molecule has 2 aliphatic heterocycles. The monoisotopic (exact) mass is 401 g/mol. The van der Waals surface area contributed by atoms with Gasteiger partial charge >= 0.3 is 0 Å². The van der Waals surface area contributed by atoms with Crippen molar-refractivity contribution < 1.29 is 14.4 Å². The molecule has 4 rings (SSSR count). The highest BCUT2D eigenvalue weighted by Gasteiger charge is 2.48. The van der Waals surface area contributed by atoms with E-state index in [1.807, 2.05) is 24.3 Å². The fourth-order valence-corrected chi connectivity index (χ4v) is 5.83. The van der Waals surface area contributed by atoms with E-state index in [0.29, 0.717) is 11.3 Å². The minimum absolute atomic E-state index is 0.0960. The summed E-state index contributed by atoms with van der Waals surface area (Å²) in [6.45, 7) is 1.71. The highest BCUT2D eigenvalue weighted by molar-refractivity contribution is 7.99. The van der Waals surface area contributed by atoms with Crippen molar-refractivity contribution in [2.24, 2.45) is 0 Å². The minimum atomic E-state index is -0.611. The standard InChI is InChI=1S/C21H27N3O3S/c1-13(18(25)23-14-8-4-2-3-5-9-14)22-19(26)17-12-28-21-16-11-7-6-10-15(16)20(27)24(17)21/h6-7,10-11,13-14,17,21H,2-5,8-9,12H2,1H3,(H,22,26)(H,23,25)/t13-,17-,21+/m0/s1. The zero-order valence-corrected chi connectivity index (χ0v) is 17.0. The lowest BCUT2D eigenvalue weighted by Crippen LogP contribution is -2.53. The molecule has 1 saturated heterocycles. The molecule has 2 heterocycles. The third-order valence-corrected chi connectivity index (χ3v) is 7.25. The van der Waals surface area contributed by atoms with E-state index in [1.54, 1.807) is 23.6 Å². The first kappa shape index (κ1) is 19.3. The van der Waals surface area contributed by atoms with Crippen molar-refractivity contribution in [3.05, 3.63) is 35.4 Å². The molecular formula is C21H27N3O3S. The SMILES string of the molecule is C[C@H](NC(=O)[C@@H]1CS[C@@H]2c3ccccc3C(=O)N21)C(=O)NC1CCCCCC1. The van der Waals surface area contributed by atoms with E-state index in [4.69, 9.17) is 0 Å². The highest BCUT2D eigenvalue weighted by atomic mass is 32.2. The summed E-state index contributed by atoms with van der Waals surface area (Å²) >= 11 is 1.61. The number of amides is 3. The molecule has 2 N–H and O–H groups in total. The molecule has 1 saturated carbocycles. The molecule has 7 heteroatoms. The molecule has 1 aromatic rings. The van der Waals surface area contributed by atoms with Crippen molar-refractivity contribution in [3.63, 3.8) is 0 Å². The maximum atomic E-state index is 12.8. The second-order valence-electron chi connectivity index (χ2n) is 7.93. The van der Waals surface area contributed by atoms with Gasteiger partial charge in [0.25, 0.3) is 5.91 Å². The number of thioether (sulfide) groups is 1. The Morgan fingerprint density at radius 2 is 1.86 bits per heavy atom. The van der Waals surface area contributed by atoms with Gasteiger partial charge in [-0.25, -0.2) is 0 Å². The molecule has 2 fully saturated rings. The Balaban J connectivity index is 1.36. The van der Waals surface area contributed by atoms with Crippen LogP contribution in [0.5, 0.6) is 0 Å². The predicted octanol–water partition coefficient (Wildman–Crippen LogP) is 2.60. The first-order chi connectivity index (χ1) is 13.6. The first-order valence-corrected chi connectivity index (χ1v) is 11.2. The number of carbonyl (C=O) groups excluding carboxylic acids is 3. The lowest BCUT2D eigenvalue weighted by molar-refractivity contribution is -0.130. The molecule has 3 amide bonds. The summed E-state index contributed by atoms with van der Waals surface area (Å²) in [5.74, 6) is 0.0625. The van der Waals surface area contributed by atoms with Crippen LogP contribution in [-0.4, -0.2) is 46.5 Å². The summed E-state index contributed by atoms with van der Waals surface area (Å²) in [5, 5.41) is 5.81. The molecule has 0 bridgehead atoms. The molecule has 3 aliphatic rings. The molecule has 28 heavy (non-hydrogen) atoms. The van der Waals surface area contributed by atoms with Gasteiger partial charge in [0.15, 0.2) is 0 Å². The smallest absolute Gasteiger partial charge is 0.256 e. The highest BCUT2D eigenvalue weighted by Crippen LogP contribution is 2.48. The Morgan fingerprint density at radius 1 is 1.14 bits per heavy atom. The summed E-state index contributed by atoms with van der Waals surface area (Å²) in [7, 11) is 0. The fraction of sp³-hybridized carbons (Fsp3) is 0.571. The van der Waals surface area contributed by atoms with Crippen molar-refractivity contribution in [1.82, 2.24) is 15.5 Å². The van der Waals surface area contributed by atoms with E-state index in [-0.39, 0.29) is 29.1 Å². The largest absolute Gasteiger partial charge is 0.352 e.